The molecule has 0 saturated heterocycles. The third-order valence-corrected chi connectivity index (χ3v) is 10.2. The van der Waals surface area contributed by atoms with Gasteiger partial charge in [-0.2, -0.15) is 8.42 Å². The van der Waals surface area contributed by atoms with Gasteiger partial charge < -0.3 is 14.0 Å². The zero-order valence-electron chi connectivity index (χ0n) is 24.8. The van der Waals surface area contributed by atoms with Crippen molar-refractivity contribution in [3.8, 4) is 5.75 Å². The Bertz CT molecular complexity index is 2010. The van der Waals surface area contributed by atoms with Crippen LogP contribution in [0.2, 0.25) is 0 Å². The van der Waals surface area contributed by atoms with Gasteiger partial charge in [-0.05, 0) is 55.3 Å². The van der Waals surface area contributed by atoms with Gasteiger partial charge in [-0.25, -0.2) is 13.1 Å². The average Bonchev–Trinajstić information content (AvgIpc) is 2.96. The molecule has 0 fully saturated rings. The van der Waals surface area contributed by atoms with Crippen LogP contribution in [0.3, 0.4) is 0 Å². The first kappa shape index (κ1) is 30.3. The van der Waals surface area contributed by atoms with Crippen molar-refractivity contribution in [2.45, 2.75) is 29.2 Å². The monoisotopic (exact) mass is 617 g/mol. The number of rotatable bonds is 10. The van der Waals surface area contributed by atoms with Crippen molar-refractivity contribution in [1.82, 2.24) is 4.72 Å². The van der Waals surface area contributed by atoms with Crippen LogP contribution in [0.5, 0.6) is 5.75 Å². The summed E-state index contributed by atoms with van der Waals surface area (Å²) in [5, 5.41) is 2.90. The third-order valence-electron chi connectivity index (χ3n) is 7.27. The van der Waals surface area contributed by atoms with E-state index in [4.69, 9.17) is 4.18 Å². The summed E-state index contributed by atoms with van der Waals surface area (Å²) < 4.78 is 61.7. The number of sulfonamides is 1. The maximum atomic E-state index is 13.4. The SMILES string of the molecule is CC(Cc1ccc(OS(=O)(=O)c2cccc3c(N(C)C)cccc23)cc1)NS(=O)(=O)c1cccc2c(N(C)C)cccc12. The molecule has 0 bridgehead atoms. The van der Waals surface area contributed by atoms with Gasteiger partial charge in [0.2, 0.25) is 10.0 Å². The predicted octanol–water partition coefficient (Wildman–Crippen LogP) is 5.80. The Hall–Kier alpha value is -4.12. The number of nitrogens with one attached hydrogen (secondary N) is 1. The summed E-state index contributed by atoms with van der Waals surface area (Å²) in [6, 6.07) is 27.8. The Morgan fingerprint density at radius 3 is 1.63 bits per heavy atom. The first-order valence-corrected chi connectivity index (χ1v) is 16.7. The lowest BCUT2D eigenvalue weighted by atomic mass is 10.1. The van der Waals surface area contributed by atoms with Gasteiger partial charge in [-0.15, -0.1) is 0 Å². The molecular weight excluding hydrogens is 583 g/mol. The normalized spacial score (nSPS) is 12.8. The number of hydrogen-bond acceptors (Lipinski definition) is 7. The number of nitrogens with zero attached hydrogens (tertiary/aromatic N) is 2. The highest BCUT2D eigenvalue weighted by Gasteiger charge is 2.23. The van der Waals surface area contributed by atoms with Crippen LogP contribution in [0.15, 0.2) is 107 Å². The van der Waals surface area contributed by atoms with Gasteiger partial charge >= 0.3 is 10.1 Å². The largest absolute Gasteiger partial charge is 0.379 e. The van der Waals surface area contributed by atoms with Gasteiger partial charge in [-0.1, -0.05) is 60.7 Å². The van der Waals surface area contributed by atoms with Crippen LogP contribution in [0, 0.1) is 0 Å². The van der Waals surface area contributed by atoms with Crippen molar-refractivity contribution in [2.24, 2.45) is 0 Å². The summed E-state index contributed by atoms with van der Waals surface area (Å²) >= 11 is 0. The molecule has 10 heteroatoms. The van der Waals surface area contributed by atoms with E-state index in [0.29, 0.717) is 17.2 Å². The predicted molar refractivity (Wildman–Crippen MR) is 174 cm³/mol. The van der Waals surface area contributed by atoms with E-state index in [1.807, 2.05) is 80.5 Å². The fourth-order valence-electron chi connectivity index (χ4n) is 5.34. The molecule has 0 aliphatic carbocycles. The molecule has 5 aromatic rings. The summed E-state index contributed by atoms with van der Waals surface area (Å²) in [7, 11) is -0.266. The maximum absolute atomic E-state index is 13.4. The van der Waals surface area contributed by atoms with Gasteiger partial charge in [-0.3, -0.25) is 0 Å². The van der Waals surface area contributed by atoms with Crippen molar-refractivity contribution < 1.29 is 21.0 Å². The molecule has 0 amide bonds. The smallest absolute Gasteiger partial charge is 0.339 e. The van der Waals surface area contributed by atoms with Crippen LogP contribution in [0.4, 0.5) is 11.4 Å². The van der Waals surface area contributed by atoms with Crippen LogP contribution in [0.1, 0.15) is 12.5 Å². The first-order valence-electron chi connectivity index (χ1n) is 13.8. The summed E-state index contributed by atoms with van der Waals surface area (Å²) in [6.45, 7) is 1.80. The lowest BCUT2D eigenvalue weighted by molar-refractivity contribution is 0.486. The van der Waals surface area contributed by atoms with Crippen molar-refractivity contribution >= 4 is 53.1 Å². The van der Waals surface area contributed by atoms with E-state index in [1.165, 1.54) is 6.07 Å². The average molecular weight is 618 g/mol. The second-order valence-electron chi connectivity index (χ2n) is 11.0. The minimum Gasteiger partial charge on any atom is -0.379 e. The van der Waals surface area contributed by atoms with Gasteiger partial charge in [0.05, 0.1) is 4.90 Å². The molecule has 0 aromatic heterocycles. The first-order chi connectivity index (χ1) is 20.4. The van der Waals surface area contributed by atoms with E-state index >= 15 is 0 Å². The van der Waals surface area contributed by atoms with Crippen LogP contribution in [-0.4, -0.2) is 51.1 Å². The molecule has 0 aliphatic rings. The van der Waals surface area contributed by atoms with E-state index in [0.717, 1.165) is 27.7 Å². The zero-order chi connectivity index (χ0) is 30.9. The highest BCUT2D eigenvalue weighted by atomic mass is 32.2. The minimum atomic E-state index is -4.11. The molecule has 0 saturated carbocycles. The molecule has 224 valence electrons. The molecule has 43 heavy (non-hydrogen) atoms. The number of anilines is 2. The molecule has 0 spiro atoms. The van der Waals surface area contributed by atoms with Gasteiger partial charge in [0, 0.05) is 67.2 Å². The molecule has 0 radical (unpaired) electrons. The molecule has 5 rings (SSSR count). The van der Waals surface area contributed by atoms with E-state index in [-0.39, 0.29) is 15.5 Å². The van der Waals surface area contributed by atoms with E-state index in [9.17, 15) is 16.8 Å². The highest BCUT2D eigenvalue weighted by molar-refractivity contribution is 7.89. The quantitative estimate of drug-likeness (QED) is 0.198. The zero-order valence-corrected chi connectivity index (χ0v) is 26.4. The van der Waals surface area contributed by atoms with Crippen LogP contribution in [-0.2, 0) is 26.6 Å². The van der Waals surface area contributed by atoms with E-state index in [1.54, 1.807) is 55.5 Å². The van der Waals surface area contributed by atoms with Crippen molar-refractivity contribution in [1.29, 1.82) is 0 Å². The fraction of sp³-hybridized carbons (Fsp3) is 0.212. The summed E-state index contributed by atoms with van der Waals surface area (Å²) in [5.41, 5.74) is 2.67. The Morgan fingerprint density at radius 1 is 0.628 bits per heavy atom. The lowest BCUT2D eigenvalue weighted by Crippen LogP contribution is -2.34. The Morgan fingerprint density at radius 2 is 1.09 bits per heavy atom. The summed E-state index contributed by atoms with van der Waals surface area (Å²) in [5.74, 6) is 0.171. The number of hydrogen-bond donors (Lipinski definition) is 1. The summed E-state index contributed by atoms with van der Waals surface area (Å²) in [4.78, 5) is 4.20. The van der Waals surface area contributed by atoms with E-state index < -0.39 is 26.2 Å². The molecule has 5 aromatic carbocycles. The highest BCUT2D eigenvalue weighted by Crippen LogP contribution is 2.32. The van der Waals surface area contributed by atoms with Gasteiger partial charge in [0.15, 0.2) is 0 Å². The number of fused-ring (bicyclic) bond motifs is 2. The Kier molecular flexibility index (Phi) is 8.38. The fourth-order valence-corrected chi connectivity index (χ4v) is 7.95. The van der Waals surface area contributed by atoms with Crippen LogP contribution in [0.25, 0.3) is 21.5 Å². The second-order valence-corrected chi connectivity index (χ2v) is 14.2. The second kappa shape index (κ2) is 11.9. The summed E-state index contributed by atoms with van der Waals surface area (Å²) in [6.07, 6.45) is 0.399. The Labute approximate surface area is 253 Å². The molecule has 8 nitrogen and oxygen atoms in total. The molecule has 0 aliphatic heterocycles. The topological polar surface area (TPSA) is 96.0 Å². The molecule has 1 unspecified atom stereocenters. The van der Waals surface area contributed by atoms with Crippen molar-refractivity contribution in [3.63, 3.8) is 0 Å². The third kappa shape index (κ3) is 6.31. The molecule has 1 N–H and O–H groups in total. The van der Waals surface area contributed by atoms with Crippen LogP contribution < -0.4 is 18.7 Å². The minimum absolute atomic E-state index is 0.0898. The number of benzene rings is 5. The Balaban J connectivity index is 1.31. The standard InChI is InChI=1S/C33H35N3O5S2/c1-23(34-42(37,38)32-16-8-10-26-28(32)12-6-14-30(26)35(2)3)22-24-18-20-25(21-19-24)41-43(39,40)33-17-9-11-27-29(33)13-7-15-31(27)36(4)5/h6-21,23,34H,22H2,1-5H3. The maximum Gasteiger partial charge on any atom is 0.339 e. The molecule has 0 heterocycles. The van der Waals surface area contributed by atoms with Crippen molar-refractivity contribution in [3.05, 3.63) is 103 Å². The van der Waals surface area contributed by atoms with Crippen molar-refractivity contribution in [2.75, 3.05) is 38.0 Å². The van der Waals surface area contributed by atoms with Crippen LogP contribution >= 0.6 is 0 Å². The lowest BCUT2D eigenvalue weighted by Gasteiger charge is -2.19. The van der Waals surface area contributed by atoms with Gasteiger partial charge in [0.1, 0.15) is 10.6 Å². The molecular formula is C33H35N3O5S2. The van der Waals surface area contributed by atoms with E-state index in [2.05, 4.69) is 4.72 Å². The van der Waals surface area contributed by atoms with Gasteiger partial charge in [0.25, 0.3) is 0 Å². The molecule has 1 atom stereocenters.